The molecule has 20 heavy (non-hydrogen) atoms. The molecule has 0 bridgehead atoms. The molecule has 2 rings (SSSR count). The van der Waals surface area contributed by atoms with Gasteiger partial charge in [0.15, 0.2) is 0 Å². The summed E-state index contributed by atoms with van der Waals surface area (Å²) in [5.41, 5.74) is 2.32. The number of amides is 1. The molecule has 2 N–H and O–H groups in total. The van der Waals surface area contributed by atoms with Crippen molar-refractivity contribution in [3.63, 3.8) is 0 Å². The summed E-state index contributed by atoms with van der Waals surface area (Å²) < 4.78 is 37.0. The van der Waals surface area contributed by atoms with Gasteiger partial charge in [0, 0.05) is 6.20 Å². The molecule has 0 unspecified atom stereocenters. The fourth-order valence-electron chi connectivity index (χ4n) is 1.46. The summed E-state index contributed by atoms with van der Waals surface area (Å²) in [5, 5.41) is 3.66. The van der Waals surface area contributed by atoms with Gasteiger partial charge in [-0.05, 0) is 29.8 Å². The Labute approximate surface area is 112 Å². The molecule has 1 amide bonds. The van der Waals surface area contributed by atoms with Crippen molar-refractivity contribution in [1.82, 2.24) is 10.4 Å². The third kappa shape index (κ3) is 3.47. The van der Waals surface area contributed by atoms with Crippen LogP contribution in [0.4, 0.5) is 13.2 Å². The minimum atomic E-state index is -4.36. The van der Waals surface area contributed by atoms with Crippen molar-refractivity contribution in [2.75, 3.05) is 0 Å². The summed E-state index contributed by atoms with van der Waals surface area (Å²) in [5.74, 6) is -0.432. The Morgan fingerprint density at radius 2 is 1.90 bits per heavy atom. The molecule has 4 nitrogen and oxygen atoms in total. The van der Waals surface area contributed by atoms with Crippen LogP contribution in [0.2, 0.25) is 0 Å². The number of aromatic amines is 1. The van der Waals surface area contributed by atoms with Crippen LogP contribution in [0.5, 0.6) is 0 Å². The van der Waals surface area contributed by atoms with Gasteiger partial charge >= 0.3 is 6.18 Å². The lowest BCUT2D eigenvalue weighted by atomic mass is 10.1. The van der Waals surface area contributed by atoms with Crippen LogP contribution in [-0.2, 0) is 6.18 Å². The molecule has 0 saturated carbocycles. The van der Waals surface area contributed by atoms with E-state index >= 15 is 0 Å². The Morgan fingerprint density at radius 3 is 2.45 bits per heavy atom. The van der Waals surface area contributed by atoms with E-state index in [4.69, 9.17) is 0 Å². The van der Waals surface area contributed by atoms with E-state index in [0.29, 0.717) is 11.3 Å². The van der Waals surface area contributed by atoms with Crippen molar-refractivity contribution in [1.29, 1.82) is 0 Å². The molecule has 0 spiro atoms. The number of carbonyl (C=O) groups is 1. The van der Waals surface area contributed by atoms with E-state index in [1.807, 2.05) is 0 Å². The number of rotatable bonds is 3. The van der Waals surface area contributed by atoms with Gasteiger partial charge in [0.05, 0.1) is 11.8 Å². The van der Waals surface area contributed by atoms with Gasteiger partial charge in [-0.25, -0.2) is 5.43 Å². The van der Waals surface area contributed by atoms with Gasteiger partial charge in [0.1, 0.15) is 5.69 Å². The molecule has 0 atom stereocenters. The van der Waals surface area contributed by atoms with Crippen LogP contribution in [0.1, 0.15) is 21.6 Å². The average molecular weight is 281 g/mol. The van der Waals surface area contributed by atoms with Crippen LogP contribution in [0.15, 0.2) is 47.7 Å². The van der Waals surface area contributed by atoms with Gasteiger partial charge in [-0.2, -0.15) is 18.3 Å². The van der Waals surface area contributed by atoms with Crippen molar-refractivity contribution in [3.05, 3.63) is 59.4 Å². The highest BCUT2D eigenvalue weighted by Crippen LogP contribution is 2.28. The number of hydrazone groups is 1. The van der Waals surface area contributed by atoms with Crippen LogP contribution >= 0.6 is 0 Å². The Bertz CT molecular complexity index is 601. The Hall–Kier alpha value is -2.57. The van der Waals surface area contributed by atoms with E-state index in [1.165, 1.54) is 18.3 Å². The van der Waals surface area contributed by atoms with Gasteiger partial charge < -0.3 is 4.98 Å². The standard InChI is InChI=1S/C13H10F3N3O/c14-13(15,16)10-5-3-9(4-6-10)8-18-19-12(20)11-2-1-7-17-11/h1-8,17H,(H,19,20). The lowest BCUT2D eigenvalue weighted by Crippen LogP contribution is -2.17. The highest BCUT2D eigenvalue weighted by Gasteiger charge is 2.29. The van der Waals surface area contributed by atoms with E-state index in [-0.39, 0.29) is 0 Å². The summed E-state index contributed by atoms with van der Waals surface area (Å²) in [7, 11) is 0. The van der Waals surface area contributed by atoms with E-state index in [2.05, 4.69) is 15.5 Å². The highest BCUT2D eigenvalue weighted by atomic mass is 19.4. The van der Waals surface area contributed by atoms with Gasteiger partial charge in [-0.1, -0.05) is 12.1 Å². The summed E-state index contributed by atoms with van der Waals surface area (Å²) in [6, 6.07) is 7.68. The second kappa shape index (κ2) is 5.60. The molecule has 7 heteroatoms. The van der Waals surface area contributed by atoms with Crippen molar-refractivity contribution in [2.24, 2.45) is 5.10 Å². The number of aromatic nitrogens is 1. The first-order valence-corrected chi connectivity index (χ1v) is 5.61. The van der Waals surface area contributed by atoms with Crippen molar-refractivity contribution < 1.29 is 18.0 Å². The third-order valence-electron chi connectivity index (χ3n) is 2.46. The molecule has 1 heterocycles. The molecular formula is C13H10F3N3O. The van der Waals surface area contributed by atoms with Gasteiger partial charge in [-0.3, -0.25) is 4.79 Å². The summed E-state index contributed by atoms with van der Waals surface area (Å²) >= 11 is 0. The lowest BCUT2D eigenvalue weighted by molar-refractivity contribution is -0.137. The number of hydrogen-bond acceptors (Lipinski definition) is 2. The minimum Gasteiger partial charge on any atom is -0.357 e. The van der Waals surface area contributed by atoms with Crippen LogP contribution in [0.25, 0.3) is 0 Å². The second-order valence-corrected chi connectivity index (χ2v) is 3.90. The zero-order valence-electron chi connectivity index (χ0n) is 10.1. The number of carbonyl (C=O) groups excluding carboxylic acids is 1. The van der Waals surface area contributed by atoms with Gasteiger partial charge in [0.2, 0.25) is 0 Å². The van der Waals surface area contributed by atoms with Crippen LogP contribution in [0.3, 0.4) is 0 Å². The largest absolute Gasteiger partial charge is 0.416 e. The first kappa shape index (κ1) is 13.9. The van der Waals surface area contributed by atoms with Crippen molar-refractivity contribution in [2.45, 2.75) is 6.18 Å². The van der Waals surface area contributed by atoms with Crippen molar-refractivity contribution in [3.8, 4) is 0 Å². The third-order valence-corrected chi connectivity index (χ3v) is 2.46. The van der Waals surface area contributed by atoms with E-state index in [9.17, 15) is 18.0 Å². The molecule has 104 valence electrons. The first-order chi connectivity index (χ1) is 9.47. The zero-order chi connectivity index (χ0) is 14.6. The molecule has 0 fully saturated rings. The van der Waals surface area contributed by atoms with Crippen LogP contribution < -0.4 is 5.43 Å². The first-order valence-electron chi connectivity index (χ1n) is 5.61. The second-order valence-electron chi connectivity index (χ2n) is 3.90. The quantitative estimate of drug-likeness (QED) is 0.659. The molecule has 1 aromatic heterocycles. The van der Waals surface area contributed by atoms with E-state index in [1.54, 1.807) is 18.3 Å². The Balaban J connectivity index is 1.97. The molecule has 2 aromatic rings. The highest BCUT2D eigenvalue weighted by molar-refractivity contribution is 5.93. The fourth-order valence-corrected chi connectivity index (χ4v) is 1.46. The number of halogens is 3. The van der Waals surface area contributed by atoms with Gasteiger partial charge in [-0.15, -0.1) is 0 Å². The van der Waals surface area contributed by atoms with E-state index < -0.39 is 17.6 Å². The smallest absolute Gasteiger partial charge is 0.357 e. The maximum Gasteiger partial charge on any atom is 0.416 e. The van der Waals surface area contributed by atoms with Crippen LogP contribution in [0, 0.1) is 0 Å². The maximum atomic E-state index is 12.3. The molecule has 0 aliphatic heterocycles. The average Bonchev–Trinajstić information content (AvgIpc) is 2.92. The minimum absolute atomic E-state index is 0.342. The SMILES string of the molecule is O=C(NN=Cc1ccc(C(F)(F)F)cc1)c1ccc[nH]1. The lowest BCUT2D eigenvalue weighted by Gasteiger charge is -2.05. The number of nitrogens with zero attached hydrogens (tertiary/aromatic N) is 1. The Kier molecular flexibility index (Phi) is 3.88. The summed E-state index contributed by atoms with van der Waals surface area (Å²) in [6.45, 7) is 0. The molecule has 0 saturated heterocycles. The summed E-state index contributed by atoms with van der Waals surface area (Å²) in [6.07, 6.45) is -1.51. The number of nitrogens with one attached hydrogen (secondary N) is 2. The normalized spacial score (nSPS) is 11.8. The number of H-pyrrole nitrogens is 1. The number of alkyl halides is 3. The molecule has 0 aliphatic carbocycles. The van der Waals surface area contributed by atoms with Crippen LogP contribution in [-0.4, -0.2) is 17.1 Å². The molecular weight excluding hydrogens is 271 g/mol. The Morgan fingerprint density at radius 1 is 1.20 bits per heavy atom. The molecule has 0 radical (unpaired) electrons. The molecule has 1 aromatic carbocycles. The monoisotopic (exact) mass is 281 g/mol. The number of hydrogen-bond donors (Lipinski definition) is 2. The fraction of sp³-hybridized carbons (Fsp3) is 0.0769. The maximum absolute atomic E-state index is 12.3. The predicted octanol–water partition coefficient (Wildman–Crippen LogP) is 2.80. The summed E-state index contributed by atoms with van der Waals surface area (Å²) in [4.78, 5) is 14.2. The number of benzene rings is 1. The van der Waals surface area contributed by atoms with Crippen molar-refractivity contribution >= 4 is 12.1 Å². The molecule has 0 aliphatic rings. The van der Waals surface area contributed by atoms with E-state index in [0.717, 1.165) is 12.1 Å². The van der Waals surface area contributed by atoms with Gasteiger partial charge in [0.25, 0.3) is 5.91 Å². The topological polar surface area (TPSA) is 57.2 Å². The zero-order valence-corrected chi connectivity index (χ0v) is 10.1. The predicted molar refractivity (Wildman–Crippen MR) is 67.3 cm³/mol.